The van der Waals surface area contributed by atoms with Gasteiger partial charge in [-0.15, -0.1) is 11.3 Å². The molecule has 4 rings (SSSR count). The maximum absolute atomic E-state index is 12.4. The van der Waals surface area contributed by atoms with Gasteiger partial charge in [-0.05, 0) is 79.8 Å². The molecule has 0 bridgehead atoms. The van der Waals surface area contributed by atoms with Crippen molar-refractivity contribution in [2.24, 2.45) is 5.10 Å². The number of thiophene rings is 1. The number of carbonyl (C=O) groups excluding carboxylic acids is 4. The van der Waals surface area contributed by atoms with Crippen molar-refractivity contribution in [3.05, 3.63) is 80.7 Å². The summed E-state index contributed by atoms with van der Waals surface area (Å²) in [5, 5.41) is 7.03. The Bertz CT molecular complexity index is 1380. The molecule has 3 aromatic rings. The number of fused-ring (bicyclic) bond motifs is 1. The van der Waals surface area contributed by atoms with Crippen LogP contribution in [-0.4, -0.2) is 36.6 Å². The first-order valence-corrected chi connectivity index (χ1v) is 12.6. The molecule has 2 aromatic carbocycles. The minimum atomic E-state index is -0.994. The third kappa shape index (κ3) is 6.41. The van der Waals surface area contributed by atoms with Gasteiger partial charge < -0.3 is 14.8 Å². The average Bonchev–Trinajstić information content (AvgIpc) is 3.46. The van der Waals surface area contributed by atoms with Gasteiger partial charge in [-0.25, -0.2) is 15.0 Å². The molecule has 9 nitrogen and oxygen atoms in total. The number of hydrogen-bond donors (Lipinski definition) is 2. The van der Waals surface area contributed by atoms with Crippen molar-refractivity contribution in [2.45, 2.75) is 26.2 Å². The highest BCUT2D eigenvalue weighted by Gasteiger charge is 2.29. The van der Waals surface area contributed by atoms with E-state index in [1.54, 1.807) is 49.4 Å². The Morgan fingerprint density at radius 2 is 1.84 bits per heavy atom. The summed E-state index contributed by atoms with van der Waals surface area (Å²) < 4.78 is 10.4. The summed E-state index contributed by atoms with van der Waals surface area (Å²) in [5.41, 5.74) is 4.26. The van der Waals surface area contributed by atoms with Crippen LogP contribution in [0.4, 0.5) is 5.00 Å². The second kappa shape index (κ2) is 11.8. The van der Waals surface area contributed by atoms with Crippen LogP contribution < -0.4 is 15.5 Å². The number of nitrogens with zero attached hydrogens (tertiary/aromatic N) is 1. The Labute approximate surface area is 221 Å². The molecule has 0 saturated heterocycles. The van der Waals surface area contributed by atoms with Gasteiger partial charge in [-0.3, -0.25) is 9.59 Å². The van der Waals surface area contributed by atoms with Gasteiger partial charge in [0.2, 0.25) is 0 Å². The Morgan fingerprint density at radius 1 is 1.05 bits per heavy atom. The molecule has 37 heavy (non-hydrogen) atoms. The first-order chi connectivity index (χ1) is 17.9. The third-order valence-corrected chi connectivity index (χ3v) is 6.81. The number of ether oxygens (including phenoxy) is 2. The standard InChI is InChI=1S/C26H22ClN3O6S/c1-2-35-26(34)21-19-7-4-8-20(19)37-24(21)29-22(31)23(32)30-28-14-15-9-11-18(12-10-15)36-25(33)16-5-3-6-17(27)13-16/h3,5-6,9-14H,2,4,7-8H2,1H3,(H,29,31)(H,30,32)/b28-14+. The first-order valence-electron chi connectivity index (χ1n) is 11.4. The second-order valence-electron chi connectivity index (χ2n) is 7.90. The molecule has 1 heterocycles. The monoisotopic (exact) mass is 539 g/mol. The van der Waals surface area contributed by atoms with Crippen LogP contribution in [0.5, 0.6) is 5.75 Å². The smallest absolute Gasteiger partial charge is 0.343 e. The molecule has 2 N–H and O–H groups in total. The van der Waals surface area contributed by atoms with E-state index in [0.717, 1.165) is 29.7 Å². The third-order valence-electron chi connectivity index (χ3n) is 5.36. The summed E-state index contributed by atoms with van der Waals surface area (Å²) in [7, 11) is 0. The number of anilines is 1. The van der Waals surface area contributed by atoms with Crippen molar-refractivity contribution >= 4 is 57.9 Å². The highest BCUT2D eigenvalue weighted by atomic mass is 35.5. The molecule has 1 aromatic heterocycles. The fraction of sp³-hybridized carbons (Fsp3) is 0.192. The molecule has 11 heteroatoms. The van der Waals surface area contributed by atoms with E-state index >= 15 is 0 Å². The van der Waals surface area contributed by atoms with Crippen LogP contribution in [0.3, 0.4) is 0 Å². The van der Waals surface area contributed by atoms with Gasteiger partial charge in [0.1, 0.15) is 10.8 Å². The van der Waals surface area contributed by atoms with Crippen molar-refractivity contribution < 1.29 is 28.7 Å². The van der Waals surface area contributed by atoms with E-state index in [0.29, 0.717) is 32.5 Å². The molecule has 1 aliphatic carbocycles. The average molecular weight is 540 g/mol. The largest absolute Gasteiger partial charge is 0.462 e. The number of rotatable bonds is 7. The van der Waals surface area contributed by atoms with Gasteiger partial charge in [0.15, 0.2) is 0 Å². The van der Waals surface area contributed by atoms with Gasteiger partial charge in [-0.2, -0.15) is 5.10 Å². The van der Waals surface area contributed by atoms with E-state index in [9.17, 15) is 19.2 Å². The zero-order valence-corrected chi connectivity index (χ0v) is 21.3. The van der Waals surface area contributed by atoms with Crippen LogP contribution in [0.1, 0.15) is 50.1 Å². The van der Waals surface area contributed by atoms with Crippen LogP contribution in [0, 0.1) is 0 Å². The molecule has 0 spiro atoms. The number of aryl methyl sites for hydroxylation is 1. The zero-order valence-electron chi connectivity index (χ0n) is 19.7. The topological polar surface area (TPSA) is 123 Å². The molecular formula is C26H22ClN3O6S. The predicted octanol–water partition coefficient (Wildman–Crippen LogP) is 4.37. The first kappa shape index (κ1) is 26.1. The van der Waals surface area contributed by atoms with Crippen LogP contribution in [0.15, 0.2) is 53.6 Å². The van der Waals surface area contributed by atoms with Gasteiger partial charge in [-0.1, -0.05) is 17.7 Å². The van der Waals surface area contributed by atoms with E-state index in [-0.39, 0.29) is 6.61 Å². The van der Waals surface area contributed by atoms with Gasteiger partial charge >= 0.3 is 23.8 Å². The molecule has 0 aliphatic heterocycles. The predicted molar refractivity (Wildman–Crippen MR) is 140 cm³/mol. The van der Waals surface area contributed by atoms with Crippen molar-refractivity contribution in [2.75, 3.05) is 11.9 Å². The van der Waals surface area contributed by atoms with Gasteiger partial charge in [0, 0.05) is 9.90 Å². The van der Waals surface area contributed by atoms with E-state index in [1.165, 1.54) is 23.6 Å². The van der Waals surface area contributed by atoms with E-state index in [2.05, 4.69) is 15.8 Å². The molecule has 2 amide bonds. The molecule has 0 radical (unpaired) electrons. The van der Waals surface area contributed by atoms with Crippen molar-refractivity contribution in [1.82, 2.24) is 5.43 Å². The number of hydrazone groups is 1. The number of halogens is 1. The molecule has 0 unspecified atom stereocenters. The van der Waals surface area contributed by atoms with Crippen LogP contribution in [0.2, 0.25) is 5.02 Å². The fourth-order valence-electron chi connectivity index (χ4n) is 3.69. The number of amides is 2. The maximum Gasteiger partial charge on any atom is 0.343 e. The summed E-state index contributed by atoms with van der Waals surface area (Å²) in [5.74, 6) is -2.70. The minimum Gasteiger partial charge on any atom is -0.462 e. The van der Waals surface area contributed by atoms with E-state index < -0.39 is 23.8 Å². The number of hydrogen-bond acceptors (Lipinski definition) is 8. The summed E-state index contributed by atoms with van der Waals surface area (Å²) in [4.78, 5) is 50.3. The molecule has 190 valence electrons. The number of esters is 2. The Hall–Kier alpha value is -4.02. The lowest BCUT2D eigenvalue weighted by Gasteiger charge is -2.07. The minimum absolute atomic E-state index is 0.206. The van der Waals surface area contributed by atoms with Gasteiger partial charge in [0.05, 0.1) is 23.9 Å². The lowest BCUT2D eigenvalue weighted by atomic mass is 10.1. The number of benzene rings is 2. The molecule has 0 fully saturated rings. The zero-order chi connectivity index (χ0) is 26.4. The highest BCUT2D eigenvalue weighted by Crippen LogP contribution is 2.39. The Balaban J connectivity index is 1.32. The summed E-state index contributed by atoms with van der Waals surface area (Å²) in [6, 6.07) is 12.8. The highest BCUT2D eigenvalue weighted by molar-refractivity contribution is 7.17. The van der Waals surface area contributed by atoms with Crippen molar-refractivity contribution in [3.63, 3.8) is 0 Å². The Morgan fingerprint density at radius 3 is 2.57 bits per heavy atom. The second-order valence-corrected chi connectivity index (χ2v) is 9.45. The molecule has 0 atom stereocenters. The lowest BCUT2D eigenvalue weighted by Crippen LogP contribution is -2.32. The van der Waals surface area contributed by atoms with E-state index in [1.807, 2.05) is 0 Å². The lowest BCUT2D eigenvalue weighted by molar-refractivity contribution is -0.136. The quantitative estimate of drug-likeness (QED) is 0.151. The van der Waals surface area contributed by atoms with E-state index in [4.69, 9.17) is 21.1 Å². The van der Waals surface area contributed by atoms with Crippen LogP contribution in [0.25, 0.3) is 0 Å². The summed E-state index contributed by atoms with van der Waals surface area (Å²) in [6.07, 6.45) is 3.81. The maximum atomic E-state index is 12.4. The summed E-state index contributed by atoms with van der Waals surface area (Å²) >= 11 is 7.17. The van der Waals surface area contributed by atoms with Crippen molar-refractivity contribution in [1.29, 1.82) is 0 Å². The summed E-state index contributed by atoms with van der Waals surface area (Å²) in [6.45, 7) is 1.91. The number of nitrogens with one attached hydrogen (secondary N) is 2. The normalized spacial score (nSPS) is 12.2. The van der Waals surface area contributed by atoms with Crippen molar-refractivity contribution in [3.8, 4) is 5.75 Å². The number of carbonyl (C=O) groups is 4. The fourth-order valence-corrected chi connectivity index (χ4v) is 5.15. The van der Waals surface area contributed by atoms with Gasteiger partial charge in [0.25, 0.3) is 0 Å². The molecular weight excluding hydrogens is 518 g/mol. The molecule has 0 saturated carbocycles. The molecule has 1 aliphatic rings. The SMILES string of the molecule is CCOC(=O)c1c(NC(=O)C(=O)N/N=C/c2ccc(OC(=O)c3cccc(Cl)c3)cc2)sc2c1CCC2. The van der Waals surface area contributed by atoms with Crippen LogP contribution >= 0.6 is 22.9 Å². The van der Waals surface area contributed by atoms with Crippen LogP contribution in [-0.2, 0) is 27.2 Å². The Kier molecular flexibility index (Phi) is 8.32.